The van der Waals surface area contributed by atoms with Gasteiger partial charge in [-0.25, -0.2) is 4.39 Å². The number of benzene rings is 2. The number of hydrogen-bond donors (Lipinski definition) is 0. The normalized spacial score (nSPS) is 14.3. The highest BCUT2D eigenvalue weighted by molar-refractivity contribution is 5.54. The van der Waals surface area contributed by atoms with Gasteiger partial charge in [-0.2, -0.15) is 5.26 Å². The molecular weight excluding hydrogens is 331 g/mol. The maximum absolute atomic E-state index is 14.0. The Balaban J connectivity index is 1.54. The zero-order chi connectivity index (χ0) is 17.9. The predicted molar refractivity (Wildman–Crippen MR) is 96.9 cm³/mol. The van der Waals surface area contributed by atoms with Crippen LogP contribution >= 0.6 is 0 Å². The summed E-state index contributed by atoms with van der Waals surface area (Å²) in [6, 6.07) is 18.4. The smallest absolute Gasteiger partial charge is 0.207 e. The molecule has 0 saturated carbocycles. The SMILES string of the molecule is N#Cc1nn(-c2ccccc2)nc1N1CCN(c2ccccc2F)CC1. The van der Waals surface area contributed by atoms with Crippen LogP contribution in [0.2, 0.25) is 0 Å². The quantitative estimate of drug-likeness (QED) is 0.728. The molecule has 1 saturated heterocycles. The van der Waals surface area contributed by atoms with Crippen molar-refractivity contribution in [2.24, 2.45) is 0 Å². The van der Waals surface area contributed by atoms with Crippen LogP contribution in [0.5, 0.6) is 0 Å². The van der Waals surface area contributed by atoms with E-state index in [0.29, 0.717) is 43.4 Å². The largest absolute Gasteiger partial charge is 0.366 e. The Bertz CT molecular complexity index is 938. The fraction of sp³-hybridized carbons (Fsp3) is 0.211. The van der Waals surface area contributed by atoms with E-state index in [0.717, 1.165) is 5.69 Å². The highest BCUT2D eigenvalue weighted by atomic mass is 19.1. The van der Waals surface area contributed by atoms with Gasteiger partial charge in [0.25, 0.3) is 0 Å². The molecule has 0 atom stereocenters. The summed E-state index contributed by atoms with van der Waals surface area (Å²) in [6.07, 6.45) is 0. The molecular formula is C19H17FN6. The Morgan fingerprint density at radius 1 is 0.846 bits per heavy atom. The highest BCUT2D eigenvalue weighted by Crippen LogP contribution is 2.23. The molecule has 0 amide bonds. The van der Waals surface area contributed by atoms with Crippen LogP contribution in [0.3, 0.4) is 0 Å². The van der Waals surface area contributed by atoms with Gasteiger partial charge in [-0.15, -0.1) is 15.0 Å². The zero-order valence-corrected chi connectivity index (χ0v) is 14.1. The monoisotopic (exact) mass is 348 g/mol. The second kappa shape index (κ2) is 6.84. The number of nitrogens with zero attached hydrogens (tertiary/aromatic N) is 6. The van der Waals surface area contributed by atoms with Gasteiger partial charge in [0.15, 0.2) is 5.82 Å². The van der Waals surface area contributed by atoms with E-state index in [-0.39, 0.29) is 5.82 Å². The van der Waals surface area contributed by atoms with E-state index in [1.807, 2.05) is 46.2 Å². The van der Waals surface area contributed by atoms with Gasteiger partial charge in [0, 0.05) is 26.2 Å². The minimum Gasteiger partial charge on any atom is -0.366 e. The summed E-state index contributed by atoms with van der Waals surface area (Å²) >= 11 is 0. The Morgan fingerprint density at radius 2 is 1.50 bits per heavy atom. The van der Waals surface area contributed by atoms with Crippen molar-refractivity contribution < 1.29 is 4.39 Å². The highest BCUT2D eigenvalue weighted by Gasteiger charge is 2.24. The molecule has 0 spiro atoms. The van der Waals surface area contributed by atoms with Crippen molar-refractivity contribution in [3.05, 3.63) is 66.1 Å². The van der Waals surface area contributed by atoms with E-state index < -0.39 is 0 Å². The lowest BCUT2D eigenvalue weighted by atomic mass is 10.2. The van der Waals surface area contributed by atoms with E-state index >= 15 is 0 Å². The molecule has 6 nitrogen and oxygen atoms in total. The number of nitriles is 1. The summed E-state index contributed by atoms with van der Waals surface area (Å²) in [7, 11) is 0. The second-order valence-electron chi connectivity index (χ2n) is 6.03. The van der Waals surface area contributed by atoms with Crippen molar-refractivity contribution in [3.8, 4) is 11.8 Å². The standard InChI is InChI=1S/C19H17FN6/c20-16-8-4-5-9-18(16)24-10-12-25(13-11-24)19-17(14-21)22-26(23-19)15-6-2-1-3-7-15/h1-9H,10-13H2. The molecule has 0 unspecified atom stereocenters. The van der Waals surface area contributed by atoms with Crippen molar-refractivity contribution in [1.82, 2.24) is 15.0 Å². The van der Waals surface area contributed by atoms with Crippen LogP contribution in [0.25, 0.3) is 5.69 Å². The molecule has 2 aromatic carbocycles. The summed E-state index contributed by atoms with van der Waals surface area (Å²) in [4.78, 5) is 5.53. The molecule has 0 N–H and O–H groups in total. The number of para-hydroxylation sites is 2. The fourth-order valence-corrected chi connectivity index (χ4v) is 3.13. The Kier molecular flexibility index (Phi) is 4.23. The van der Waals surface area contributed by atoms with Crippen molar-refractivity contribution >= 4 is 11.5 Å². The number of rotatable bonds is 3. The molecule has 1 aliphatic heterocycles. The average Bonchev–Trinajstić information content (AvgIpc) is 3.14. The van der Waals surface area contributed by atoms with E-state index in [2.05, 4.69) is 16.3 Å². The molecule has 0 radical (unpaired) electrons. The summed E-state index contributed by atoms with van der Waals surface area (Å²) in [5, 5.41) is 18.2. The summed E-state index contributed by atoms with van der Waals surface area (Å²) in [6.45, 7) is 2.61. The van der Waals surface area contributed by atoms with Crippen LogP contribution in [0.15, 0.2) is 54.6 Å². The fourth-order valence-electron chi connectivity index (χ4n) is 3.13. The molecule has 1 aliphatic rings. The van der Waals surface area contributed by atoms with Crippen molar-refractivity contribution in [2.75, 3.05) is 36.0 Å². The molecule has 0 bridgehead atoms. The Morgan fingerprint density at radius 3 is 2.19 bits per heavy atom. The van der Waals surface area contributed by atoms with E-state index in [9.17, 15) is 9.65 Å². The van der Waals surface area contributed by atoms with Crippen LogP contribution in [-0.2, 0) is 0 Å². The molecule has 1 fully saturated rings. The van der Waals surface area contributed by atoms with Crippen molar-refractivity contribution in [3.63, 3.8) is 0 Å². The second-order valence-corrected chi connectivity index (χ2v) is 6.03. The molecule has 2 heterocycles. The van der Waals surface area contributed by atoms with Crippen LogP contribution in [0.1, 0.15) is 5.69 Å². The van der Waals surface area contributed by atoms with Gasteiger partial charge in [-0.1, -0.05) is 30.3 Å². The lowest BCUT2D eigenvalue weighted by Crippen LogP contribution is -2.47. The van der Waals surface area contributed by atoms with Crippen LogP contribution in [0.4, 0.5) is 15.9 Å². The minimum absolute atomic E-state index is 0.214. The molecule has 4 rings (SSSR count). The first-order chi connectivity index (χ1) is 12.8. The maximum Gasteiger partial charge on any atom is 0.207 e. The number of piperazine rings is 1. The topological polar surface area (TPSA) is 61.0 Å². The Labute approximate surface area is 150 Å². The van der Waals surface area contributed by atoms with E-state index in [1.54, 1.807) is 12.1 Å². The third-order valence-corrected chi connectivity index (χ3v) is 4.46. The van der Waals surface area contributed by atoms with Gasteiger partial charge in [0.05, 0.1) is 11.4 Å². The predicted octanol–water partition coefficient (Wildman–Crippen LogP) is 2.60. The number of anilines is 2. The van der Waals surface area contributed by atoms with E-state index in [1.165, 1.54) is 10.9 Å². The van der Waals surface area contributed by atoms with Gasteiger partial charge >= 0.3 is 0 Å². The van der Waals surface area contributed by atoms with Gasteiger partial charge in [0.1, 0.15) is 11.9 Å². The summed E-state index contributed by atoms with van der Waals surface area (Å²) in [5.74, 6) is 0.359. The Hall–Kier alpha value is -3.40. The molecule has 7 heteroatoms. The average molecular weight is 348 g/mol. The summed E-state index contributed by atoms with van der Waals surface area (Å²) in [5.41, 5.74) is 1.72. The van der Waals surface area contributed by atoms with Gasteiger partial charge in [-0.3, -0.25) is 0 Å². The van der Waals surface area contributed by atoms with Crippen LogP contribution in [0, 0.1) is 17.1 Å². The van der Waals surface area contributed by atoms with Crippen molar-refractivity contribution in [1.29, 1.82) is 5.26 Å². The third kappa shape index (κ3) is 2.97. The molecule has 1 aromatic heterocycles. The van der Waals surface area contributed by atoms with E-state index in [4.69, 9.17) is 0 Å². The van der Waals surface area contributed by atoms with Crippen molar-refractivity contribution in [2.45, 2.75) is 0 Å². The zero-order valence-electron chi connectivity index (χ0n) is 14.1. The van der Waals surface area contributed by atoms with Gasteiger partial charge in [-0.05, 0) is 24.3 Å². The number of aromatic nitrogens is 3. The minimum atomic E-state index is -0.214. The number of hydrogen-bond acceptors (Lipinski definition) is 5. The summed E-state index contributed by atoms with van der Waals surface area (Å²) < 4.78 is 14.0. The maximum atomic E-state index is 14.0. The van der Waals surface area contributed by atoms with Crippen LogP contribution < -0.4 is 9.80 Å². The van der Waals surface area contributed by atoms with Gasteiger partial charge < -0.3 is 9.80 Å². The van der Waals surface area contributed by atoms with Crippen LogP contribution in [-0.4, -0.2) is 41.2 Å². The lowest BCUT2D eigenvalue weighted by Gasteiger charge is -2.36. The molecule has 0 aliphatic carbocycles. The number of halogens is 1. The molecule has 26 heavy (non-hydrogen) atoms. The molecule has 3 aromatic rings. The first-order valence-corrected chi connectivity index (χ1v) is 8.43. The third-order valence-electron chi connectivity index (χ3n) is 4.46. The van der Waals surface area contributed by atoms with Gasteiger partial charge in [0.2, 0.25) is 5.69 Å². The molecule has 130 valence electrons. The first-order valence-electron chi connectivity index (χ1n) is 8.43. The lowest BCUT2D eigenvalue weighted by molar-refractivity contribution is 0.595. The first kappa shape index (κ1) is 16.1.